The molecule has 0 aliphatic carbocycles. The van der Waals surface area contributed by atoms with Gasteiger partial charge in [-0.2, -0.15) is 0 Å². The highest BCUT2D eigenvalue weighted by Gasteiger charge is 2.20. The van der Waals surface area contributed by atoms with Crippen molar-refractivity contribution in [2.24, 2.45) is 5.92 Å². The van der Waals surface area contributed by atoms with Gasteiger partial charge in [0, 0.05) is 24.6 Å². The molecule has 1 N–H and O–H groups in total. The smallest absolute Gasteiger partial charge is 0.185 e. The van der Waals surface area contributed by atoms with Crippen molar-refractivity contribution in [2.75, 3.05) is 24.6 Å². The molecule has 0 radical (unpaired) electrons. The van der Waals surface area contributed by atoms with Crippen molar-refractivity contribution in [2.45, 2.75) is 26.7 Å². The van der Waals surface area contributed by atoms with Crippen LogP contribution in [0.5, 0.6) is 0 Å². The summed E-state index contributed by atoms with van der Waals surface area (Å²) in [5, 5.41) is 10.2. The summed E-state index contributed by atoms with van der Waals surface area (Å²) in [6, 6.07) is 0. The van der Waals surface area contributed by atoms with E-state index >= 15 is 0 Å². The second-order valence-electron chi connectivity index (χ2n) is 4.25. The summed E-state index contributed by atoms with van der Waals surface area (Å²) >= 11 is 1.78. The summed E-state index contributed by atoms with van der Waals surface area (Å²) in [6.45, 7) is 6.60. The molecule has 0 bridgehead atoms. The third kappa shape index (κ3) is 2.32. The molecule has 1 saturated heterocycles. The van der Waals surface area contributed by atoms with E-state index in [4.69, 9.17) is 5.11 Å². The average Bonchev–Trinajstić information content (AvgIpc) is 2.59. The van der Waals surface area contributed by atoms with Gasteiger partial charge in [0.1, 0.15) is 0 Å². The monoisotopic (exact) mass is 226 g/mol. The Morgan fingerprint density at radius 3 is 2.53 bits per heavy atom. The van der Waals surface area contributed by atoms with Gasteiger partial charge < -0.3 is 10.0 Å². The van der Waals surface area contributed by atoms with Gasteiger partial charge in [-0.3, -0.25) is 0 Å². The number of aliphatic hydroxyl groups is 1. The van der Waals surface area contributed by atoms with Crippen LogP contribution in [0.3, 0.4) is 0 Å². The van der Waals surface area contributed by atoms with Crippen LogP contribution in [-0.2, 0) is 0 Å². The molecule has 4 heteroatoms. The predicted octanol–water partition coefficient (Wildman–Crippen LogP) is 1.97. The Labute approximate surface area is 94.8 Å². The molecular weight excluding hydrogens is 208 g/mol. The van der Waals surface area contributed by atoms with Crippen LogP contribution < -0.4 is 4.90 Å². The maximum absolute atomic E-state index is 9.06. The maximum atomic E-state index is 9.06. The third-order valence-corrected chi connectivity index (χ3v) is 4.29. The Kier molecular flexibility index (Phi) is 3.26. The Balaban J connectivity index is 2.01. The standard InChI is InChI=1S/C11H18N2OS/c1-8-9(2)15-11(12-8)13-5-3-10(7-14)4-6-13/h10,14H,3-7H2,1-2H3. The molecule has 0 amide bonds. The van der Waals surface area contributed by atoms with E-state index in [1.807, 2.05) is 0 Å². The zero-order valence-corrected chi connectivity index (χ0v) is 10.2. The molecule has 0 aromatic carbocycles. The lowest BCUT2D eigenvalue weighted by Gasteiger charge is -2.30. The Morgan fingerprint density at radius 1 is 1.40 bits per heavy atom. The van der Waals surface area contributed by atoms with E-state index in [9.17, 15) is 0 Å². The van der Waals surface area contributed by atoms with Crippen molar-refractivity contribution in [3.8, 4) is 0 Å². The molecule has 0 saturated carbocycles. The van der Waals surface area contributed by atoms with E-state index in [1.165, 1.54) is 4.88 Å². The molecule has 84 valence electrons. The molecular formula is C11H18N2OS. The van der Waals surface area contributed by atoms with Gasteiger partial charge in [0.25, 0.3) is 0 Å². The predicted molar refractivity (Wildman–Crippen MR) is 63.6 cm³/mol. The fourth-order valence-electron chi connectivity index (χ4n) is 1.90. The molecule has 0 spiro atoms. The van der Waals surface area contributed by atoms with Gasteiger partial charge in [-0.25, -0.2) is 4.98 Å². The van der Waals surface area contributed by atoms with Crippen molar-refractivity contribution in [3.05, 3.63) is 10.6 Å². The second-order valence-corrected chi connectivity index (χ2v) is 5.43. The van der Waals surface area contributed by atoms with E-state index < -0.39 is 0 Å². The highest BCUT2D eigenvalue weighted by Crippen LogP contribution is 2.28. The lowest BCUT2D eigenvalue weighted by molar-refractivity contribution is 0.203. The SMILES string of the molecule is Cc1nc(N2CCC(CO)CC2)sc1C. The molecule has 15 heavy (non-hydrogen) atoms. The fraction of sp³-hybridized carbons (Fsp3) is 0.727. The Bertz CT molecular complexity index is 310. The summed E-state index contributed by atoms with van der Waals surface area (Å²) in [4.78, 5) is 8.22. The van der Waals surface area contributed by atoms with Crippen LogP contribution in [0, 0.1) is 19.8 Å². The van der Waals surface area contributed by atoms with Crippen molar-refractivity contribution in [1.29, 1.82) is 0 Å². The highest BCUT2D eigenvalue weighted by atomic mass is 32.1. The summed E-state index contributed by atoms with van der Waals surface area (Å²) in [7, 11) is 0. The minimum atomic E-state index is 0.337. The van der Waals surface area contributed by atoms with Gasteiger partial charge in [-0.05, 0) is 32.6 Å². The minimum absolute atomic E-state index is 0.337. The summed E-state index contributed by atoms with van der Waals surface area (Å²) in [6.07, 6.45) is 2.18. The zero-order chi connectivity index (χ0) is 10.8. The number of piperidine rings is 1. The fourth-order valence-corrected chi connectivity index (χ4v) is 2.86. The molecule has 1 aliphatic rings. The van der Waals surface area contributed by atoms with E-state index in [1.54, 1.807) is 11.3 Å². The number of hydrogen-bond donors (Lipinski definition) is 1. The molecule has 1 aromatic rings. The van der Waals surface area contributed by atoms with Gasteiger partial charge in [0.15, 0.2) is 5.13 Å². The molecule has 3 nitrogen and oxygen atoms in total. The van der Waals surface area contributed by atoms with Crippen LogP contribution in [0.4, 0.5) is 5.13 Å². The first-order chi connectivity index (χ1) is 7.20. The number of hydrogen-bond acceptors (Lipinski definition) is 4. The van der Waals surface area contributed by atoms with Gasteiger partial charge >= 0.3 is 0 Å². The third-order valence-electron chi connectivity index (χ3n) is 3.16. The molecule has 0 unspecified atom stereocenters. The normalized spacial score (nSPS) is 18.5. The molecule has 1 aromatic heterocycles. The van der Waals surface area contributed by atoms with Crippen LogP contribution >= 0.6 is 11.3 Å². The van der Waals surface area contributed by atoms with Gasteiger partial charge in [-0.15, -0.1) is 11.3 Å². The lowest BCUT2D eigenvalue weighted by atomic mass is 9.98. The lowest BCUT2D eigenvalue weighted by Crippen LogP contribution is -2.34. The van der Waals surface area contributed by atoms with Gasteiger partial charge in [-0.1, -0.05) is 0 Å². The van der Waals surface area contributed by atoms with Crippen LogP contribution in [0.1, 0.15) is 23.4 Å². The number of anilines is 1. The first-order valence-electron chi connectivity index (χ1n) is 5.50. The van der Waals surface area contributed by atoms with Crippen molar-refractivity contribution in [1.82, 2.24) is 4.98 Å². The molecule has 0 atom stereocenters. The summed E-state index contributed by atoms with van der Waals surface area (Å²) in [5.41, 5.74) is 1.15. The van der Waals surface area contributed by atoms with E-state index in [2.05, 4.69) is 23.7 Å². The van der Waals surface area contributed by atoms with Crippen LogP contribution in [0.2, 0.25) is 0 Å². The van der Waals surface area contributed by atoms with Crippen LogP contribution in [0.15, 0.2) is 0 Å². The van der Waals surface area contributed by atoms with Gasteiger partial charge in [0.05, 0.1) is 5.69 Å². The quantitative estimate of drug-likeness (QED) is 0.837. The zero-order valence-electron chi connectivity index (χ0n) is 9.36. The van der Waals surface area contributed by atoms with Crippen molar-refractivity contribution in [3.63, 3.8) is 0 Å². The average molecular weight is 226 g/mol. The number of aliphatic hydroxyl groups excluding tert-OH is 1. The molecule has 1 fully saturated rings. The highest BCUT2D eigenvalue weighted by molar-refractivity contribution is 7.15. The maximum Gasteiger partial charge on any atom is 0.185 e. The van der Waals surface area contributed by atoms with Gasteiger partial charge in [0.2, 0.25) is 0 Å². The summed E-state index contributed by atoms with van der Waals surface area (Å²) in [5.74, 6) is 0.503. The van der Waals surface area contributed by atoms with E-state index in [0.717, 1.165) is 36.8 Å². The minimum Gasteiger partial charge on any atom is -0.396 e. The topological polar surface area (TPSA) is 36.4 Å². The molecule has 1 aliphatic heterocycles. The second kappa shape index (κ2) is 4.49. The molecule has 2 rings (SSSR count). The van der Waals surface area contributed by atoms with E-state index in [0.29, 0.717) is 12.5 Å². The summed E-state index contributed by atoms with van der Waals surface area (Å²) < 4.78 is 0. The number of thiazole rings is 1. The number of rotatable bonds is 2. The van der Waals surface area contributed by atoms with Crippen molar-refractivity contribution >= 4 is 16.5 Å². The first kappa shape index (κ1) is 10.9. The first-order valence-corrected chi connectivity index (χ1v) is 6.32. The number of aryl methyl sites for hydroxylation is 2. The van der Waals surface area contributed by atoms with E-state index in [-0.39, 0.29) is 0 Å². The number of nitrogens with zero attached hydrogens (tertiary/aromatic N) is 2. The largest absolute Gasteiger partial charge is 0.396 e. The number of aromatic nitrogens is 1. The van der Waals surface area contributed by atoms with Crippen LogP contribution in [0.25, 0.3) is 0 Å². The Hall–Kier alpha value is -0.610. The van der Waals surface area contributed by atoms with Crippen molar-refractivity contribution < 1.29 is 5.11 Å². The Morgan fingerprint density at radius 2 is 2.07 bits per heavy atom. The van der Waals surface area contributed by atoms with Crippen LogP contribution in [-0.4, -0.2) is 29.8 Å². The molecule has 2 heterocycles.